The van der Waals surface area contributed by atoms with Gasteiger partial charge in [-0.15, -0.1) is 0 Å². The van der Waals surface area contributed by atoms with E-state index in [1.165, 1.54) is 12.8 Å². The molecule has 1 atom stereocenters. The van der Waals surface area contributed by atoms with E-state index >= 15 is 0 Å². The first-order valence-electron chi connectivity index (χ1n) is 7.40. The van der Waals surface area contributed by atoms with E-state index in [1.807, 2.05) is 6.07 Å². The molecule has 0 aliphatic heterocycles. The van der Waals surface area contributed by atoms with Crippen LogP contribution >= 0.6 is 0 Å². The summed E-state index contributed by atoms with van der Waals surface area (Å²) in [6.07, 6.45) is 3.18. The summed E-state index contributed by atoms with van der Waals surface area (Å²) in [5.41, 5.74) is 1.18. The molecule has 3 N–H and O–H groups in total. The summed E-state index contributed by atoms with van der Waals surface area (Å²) >= 11 is 0. The van der Waals surface area contributed by atoms with Crippen LogP contribution in [0.5, 0.6) is 0 Å². The number of benzene rings is 1. The summed E-state index contributed by atoms with van der Waals surface area (Å²) in [6.45, 7) is 3.37. The number of amides is 2. The van der Waals surface area contributed by atoms with Crippen molar-refractivity contribution in [3.8, 4) is 0 Å². The standard InChI is InChI=1S/C16H22N2O3/c1-11(13-5-6-13)10-18-16(21)17-8-7-12-3-2-4-14(9-12)15(19)20/h2-4,9,11,13H,5-8,10H2,1H3,(H,19,20)(H2,17,18,21). The van der Waals surface area contributed by atoms with Crippen LogP contribution in [-0.2, 0) is 6.42 Å². The van der Waals surface area contributed by atoms with Crippen molar-refractivity contribution in [2.24, 2.45) is 11.8 Å². The van der Waals surface area contributed by atoms with Crippen molar-refractivity contribution in [2.75, 3.05) is 13.1 Å². The number of aromatic carboxylic acids is 1. The molecule has 0 bridgehead atoms. The van der Waals surface area contributed by atoms with Gasteiger partial charge in [-0.2, -0.15) is 0 Å². The molecular formula is C16H22N2O3. The van der Waals surface area contributed by atoms with Crippen LogP contribution in [0, 0.1) is 11.8 Å². The van der Waals surface area contributed by atoms with Crippen LogP contribution in [0.15, 0.2) is 24.3 Å². The quantitative estimate of drug-likeness (QED) is 0.721. The highest BCUT2D eigenvalue weighted by atomic mass is 16.4. The fourth-order valence-corrected chi connectivity index (χ4v) is 2.33. The highest BCUT2D eigenvalue weighted by Gasteiger charge is 2.27. The van der Waals surface area contributed by atoms with Crippen molar-refractivity contribution < 1.29 is 14.7 Å². The monoisotopic (exact) mass is 290 g/mol. The average Bonchev–Trinajstić information content (AvgIpc) is 3.29. The number of nitrogens with one attached hydrogen (secondary N) is 2. The Morgan fingerprint density at radius 2 is 2.10 bits per heavy atom. The van der Waals surface area contributed by atoms with E-state index < -0.39 is 5.97 Å². The van der Waals surface area contributed by atoms with Gasteiger partial charge in [0.05, 0.1) is 5.56 Å². The predicted molar refractivity (Wildman–Crippen MR) is 80.4 cm³/mol. The second kappa shape index (κ2) is 7.11. The number of hydrogen-bond donors (Lipinski definition) is 3. The van der Waals surface area contributed by atoms with Crippen LogP contribution in [0.3, 0.4) is 0 Å². The Hall–Kier alpha value is -2.04. The molecule has 1 saturated carbocycles. The van der Waals surface area contributed by atoms with Gasteiger partial charge in [-0.1, -0.05) is 19.1 Å². The molecule has 2 amide bonds. The van der Waals surface area contributed by atoms with Crippen LogP contribution in [0.25, 0.3) is 0 Å². The molecule has 1 aliphatic carbocycles. The lowest BCUT2D eigenvalue weighted by molar-refractivity contribution is 0.0696. The van der Waals surface area contributed by atoms with Crippen molar-refractivity contribution in [2.45, 2.75) is 26.2 Å². The summed E-state index contributed by atoms with van der Waals surface area (Å²) in [6, 6.07) is 6.62. The van der Waals surface area contributed by atoms with Gasteiger partial charge in [0.25, 0.3) is 0 Å². The largest absolute Gasteiger partial charge is 0.478 e. The molecule has 5 heteroatoms. The third-order valence-corrected chi connectivity index (χ3v) is 3.88. The van der Waals surface area contributed by atoms with Crippen LogP contribution in [0.4, 0.5) is 4.79 Å². The fraction of sp³-hybridized carbons (Fsp3) is 0.500. The van der Waals surface area contributed by atoms with Crippen LogP contribution in [0.1, 0.15) is 35.7 Å². The zero-order valence-electron chi connectivity index (χ0n) is 12.3. The van der Waals surface area contributed by atoms with Crippen molar-refractivity contribution in [1.82, 2.24) is 10.6 Å². The lowest BCUT2D eigenvalue weighted by Crippen LogP contribution is -2.39. The second-order valence-corrected chi connectivity index (χ2v) is 5.71. The molecule has 0 radical (unpaired) electrons. The van der Waals surface area contributed by atoms with Crippen molar-refractivity contribution in [3.05, 3.63) is 35.4 Å². The summed E-state index contributed by atoms with van der Waals surface area (Å²) in [5, 5.41) is 14.6. The summed E-state index contributed by atoms with van der Waals surface area (Å²) in [5.74, 6) is 0.392. The highest BCUT2D eigenvalue weighted by molar-refractivity contribution is 5.87. The lowest BCUT2D eigenvalue weighted by atomic mass is 10.1. The Bertz CT molecular complexity index is 512. The van der Waals surface area contributed by atoms with Crippen molar-refractivity contribution in [1.29, 1.82) is 0 Å². The van der Waals surface area contributed by atoms with E-state index in [-0.39, 0.29) is 11.6 Å². The Morgan fingerprint density at radius 3 is 2.76 bits per heavy atom. The van der Waals surface area contributed by atoms with Gasteiger partial charge in [0.2, 0.25) is 0 Å². The molecule has 0 saturated heterocycles. The molecule has 0 spiro atoms. The zero-order chi connectivity index (χ0) is 15.2. The first kappa shape index (κ1) is 15.4. The van der Waals surface area contributed by atoms with Gasteiger partial charge in [0.1, 0.15) is 0 Å². The van der Waals surface area contributed by atoms with E-state index in [0.717, 1.165) is 11.5 Å². The third-order valence-electron chi connectivity index (χ3n) is 3.88. The maximum absolute atomic E-state index is 11.6. The first-order valence-corrected chi connectivity index (χ1v) is 7.40. The molecule has 1 aromatic rings. The molecule has 0 aromatic heterocycles. The molecule has 5 nitrogen and oxygen atoms in total. The fourth-order valence-electron chi connectivity index (χ4n) is 2.33. The molecule has 2 rings (SSSR count). The van der Waals surface area contributed by atoms with Crippen molar-refractivity contribution in [3.63, 3.8) is 0 Å². The first-order chi connectivity index (χ1) is 10.1. The maximum atomic E-state index is 11.6. The van der Waals surface area contributed by atoms with Gasteiger partial charge >= 0.3 is 12.0 Å². The normalized spacial score (nSPS) is 15.3. The number of carbonyl (C=O) groups is 2. The molecule has 1 aromatic carbocycles. The second-order valence-electron chi connectivity index (χ2n) is 5.71. The molecular weight excluding hydrogens is 268 g/mol. The van der Waals surface area contributed by atoms with E-state index in [2.05, 4.69) is 17.6 Å². The summed E-state index contributed by atoms with van der Waals surface area (Å²) < 4.78 is 0. The minimum atomic E-state index is -0.934. The summed E-state index contributed by atoms with van der Waals surface area (Å²) in [7, 11) is 0. The number of carbonyl (C=O) groups excluding carboxylic acids is 1. The summed E-state index contributed by atoms with van der Waals surface area (Å²) in [4.78, 5) is 22.5. The average molecular weight is 290 g/mol. The van der Waals surface area contributed by atoms with Crippen molar-refractivity contribution >= 4 is 12.0 Å². The van der Waals surface area contributed by atoms with Gasteiger partial charge in [0, 0.05) is 13.1 Å². The highest BCUT2D eigenvalue weighted by Crippen LogP contribution is 2.35. The molecule has 1 fully saturated rings. The SMILES string of the molecule is CC(CNC(=O)NCCc1cccc(C(=O)O)c1)C1CC1. The molecule has 114 valence electrons. The Balaban J connectivity index is 1.67. The predicted octanol–water partition coefficient (Wildman–Crippen LogP) is 2.27. The van der Waals surface area contributed by atoms with Gasteiger partial charge in [0.15, 0.2) is 0 Å². The number of rotatable bonds is 7. The maximum Gasteiger partial charge on any atom is 0.335 e. The zero-order valence-corrected chi connectivity index (χ0v) is 12.3. The third kappa shape index (κ3) is 5.10. The Morgan fingerprint density at radius 1 is 1.33 bits per heavy atom. The molecule has 0 heterocycles. The van der Waals surface area contributed by atoms with Crippen LogP contribution < -0.4 is 10.6 Å². The van der Waals surface area contributed by atoms with E-state index in [0.29, 0.717) is 25.4 Å². The van der Waals surface area contributed by atoms with Gasteiger partial charge in [-0.3, -0.25) is 0 Å². The molecule has 1 unspecified atom stereocenters. The lowest BCUT2D eigenvalue weighted by Gasteiger charge is -2.12. The van der Waals surface area contributed by atoms with Gasteiger partial charge < -0.3 is 15.7 Å². The van der Waals surface area contributed by atoms with E-state index in [9.17, 15) is 9.59 Å². The van der Waals surface area contributed by atoms with Gasteiger partial charge in [-0.25, -0.2) is 9.59 Å². The van der Waals surface area contributed by atoms with E-state index in [4.69, 9.17) is 5.11 Å². The van der Waals surface area contributed by atoms with Crippen LogP contribution in [-0.4, -0.2) is 30.2 Å². The number of carboxylic acids is 1. The number of urea groups is 1. The molecule has 1 aliphatic rings. The smallest absolute Gasteiger partial charge is 0.335 e. The van der Waals surface area contributed by atoms with Gasteiger partial charge in [-0.05, 0) is 48.8 Å². The minimum absolute atomic E-state index is 0.156. The number of carboxylic acid groups (broad SMARTS) is 1. The molecule has 21 heavy (non-hydrogen) atoms. The Labute approximate surface area is 124 Å². The minimum Gasteiger partial charge on any atom is -0.478 e. The topological polar surface area (TPSA) is 78.4 Å². The Kier molecular flexibility index (Phi) is 5.20. The number of hydrogen-bond acceptors (Lipinski definition) is 2. The van der Waals surface area contributed by atoms with E-state index in [1.54, 1.807) is 18.2 Å². The van der Waals surface area contributed by atoms with Crippen LogP contribution in [0.2, 0.25) is 0 Å².